The van der Waals surface area contributed by atoms with Gasteiger partial charge in [0.05, 0.1) is 24.6 Å². The first kappa shape index (κ1) is 11.6. The molecule has 0 radical (unpaired) electrons. The van der Waals surface area contributed by atoms with Crippen LogP contribution in [0.25, 0.3) is 0 Å². The second kappa shape index (κ2) is 4.20. The van der Waals surface area contributed by atoms with E-state index in [9.17, 15) is 0 Å². The van der Waals surface area contributed by atoms with Gasteiger partial charge >= 0.3 is 0 Å². The maximum absolute atomic E-state index is 5.89. The van der Waals surface area contributed by atoms with E-state index in [4.69, 9.17) is 26.8 Å². The number of nitrogens with zero attached hydrogens (tertiary/aromatic N) is 1. The lowest BCUT2D eigenvalue weighted by Crippen LogP contribution is -2.28. The molecule has 16 heavy (non-hydrogen) atoms. The Bertz CT molecular complexity index is 400. The first-order chi connectivity index (χ1) is 7.57. The summed E-state index contributed by atoms with van der Waals surface area (Å²) in [6.07, 6.45) is 2.28. The van der Waals surface area contributed by atoms with Gasteiger partial charge in [-0.15, -0.1) is 0 Å². The van der Waals surface area contributed by atoms with Crippen molar-refractivity contribution in [2.24, 2.45) is 0 Å². The van der Waals surface area contributed by atoms with Gasteiger partial charge in [0.25, 0.3) is 0 Å². The summed E-state index contributed by atoms with van der Waals surface area (Å²) in [4.78, 5) is 3.92. The Labute approximate surface area is 99.7 Å². The van der Waals surface area contributed by atoms with Crippen LogP contribution in [0.3, 0.4) is 0 Å². The summed E-state index contributed by atoms with van der Waals surface area (Å²) < 4.78 is 11.6. The minimum atomic E-state index is -0.768. The lowest BCUT2D eigenvalue weighted by molar-refractivity contribution is -0.176. The van der Waals surface area contributed by atoms with Crippen LogP contribution in [0.4, 0.5) is 5.69 Å². The van der Waals surface area contributed by atoms with Crippen molar-refractivity contribution in [1.29, 1.82) is 0 Å². The van der Waals surface area contributed by atoms with Crippen molar-refractivity contribution >= 4 is 17.3 Å². The van der Waals surface area contributed by atoms with Crippen molar-refractivity contribution in [3.63, 3.8) is 0 Å². The fourth-order valence-corrected chi connectivity index (χ4v) is 2.09. The first-order valence-electron chi connectivity index (χ1n) is 5.30. The highest BCUT2D eigenvalue weighted by Gasteiger charge is 2.41. The SMILES string of the molecule is CC[C@@]1(c2cc(Cl)ncc2N)OC[C@H](C)O1. The van der Waals surface area contributed by atoms with Crippen LogP contribution in [0.2, 0.25) is 5.15 Å². The van der Waals surface area contributed by atoms with Crippen LogP contribution in [0, 0.1) is 0 Å². The number of hydrogen-bond donors (Lipinski definition) is 1. The third kappa shape index (κ3) is 1.88. The zero-order valence-electron chi connectivity index (χ0n) is 9.37. The third-order valence-corrected chi connectivity index (χ3v) is 2.93. The van der Waals surface area contributed by atoms with E-state index in [1.54, 1.807) is 6.07 Å². The Hall–Kier alpha value is -0.840. The van der Waals surface area contributed by atoms with E-state index < -0.39 is 5.79 Å². The molecule has 0 aliphatic carbocycles. The van der Waals surface area contributed by atoms with Crippen molar-refractivity contribution in [3.8, 4) is 0 Å². The van der Waals surface area contributed by atoms with E-state index in [0.29, 0.717) is 23.9 Å². The molecular weight excluding hydrogens is 228 g/mol. The maximum Gasteiger partial charge on any atom is 0.197 e. The average Bonchev–Trinajstić information content (AvgIpc) is 2.65. The Morgan fingerprint density at radius 3 is 3.00 bits per heavy atom. The molecule has 2 rings (SSSR count). The quantitative estimate of drug-likeness (QED) is 0.809. The Morgan fingerprint density at radius 2 is 2.44 bits per heavy atom. The summed E-state index contributed by atoms with van der Waals surface area (Å²) >= 11 is 5.87. The molecule has 0 saturated carbocycles. The lowest BCUT2D eigenvalue weighted by Gasteiger charge is -2.28. The molecule has 1 aromatic rings. The van der Waals surface area contributed by atoms with Crippen molar-refractivity contribution in [2.45, 2.75) is 32.2 Å². The minimum Gasteiger partial charge on any atom is -0.397 e. The predicted octanol–water partition coefficient (Wildman–Crippen LogP) is 2.32. The topological polar surface area (TPSA) is 57.4 Å². The molecule has 0 amide bonds. The Morgan fingerprint density at radius 1 is 1.69 bits per heavy atom. The zero-order chi connectivity index (χ0) is 11.8. The molecule has 0 bridgehead atoms. The van der Waals surface area contributed by atoms with Gasteiger partial charge in [0.1, 0.15) is 5.15 Å². The van der Waals surface area contributed by atoms with Gasteiger partial charge in [-0.1, -0.05) is 18.5 Å². The molecule has 0 aromatic carbocycles. The van der Waals surface area contributed by atoms with E-state index >= 15 is 0 Å². The molecule has 2 heterocycles. The van der Waals surface area contributed by atoms with E-state index in [-0.39, 0.29) is 6.10 Å². The van der Waals surface area contributed by atoms with Crippen molar-refractivity contribution in [2.75, 3.05) is 12.3 Å². The predicted molar refractivity (Wildman–Crippen MR) is 62.1 cm³/mol. The molecule has 4 nitrogen and oxygen atoms in total. The standard InChI is InChI=1S/C11H15ClN2O2/c1-3-11(15-6-7(2)16-11)8-4-10(12)14-5-9(8)13/h4-5,7H,3,6,13H2,1-2H3/t7-,11+/m0/s1. The first-order valence-corrected chi connectivity index (χ1v) is 5.68. The smallest absolute Gasteiger partial charge is 0.197 e. The molecule has 2 N–H and O–H groups in total. The second-order valence-corrected chi connectivity index (χ2v) is 4.33. The highest BCUT2D eigenvalue weighted by atomic mass is 35.5. The van der Waals surface area contributed by atoms with Gasteiger partial charge in [-0.05, 0) is 13.0 Å². The summed E-state index contributed by atoms with van der Waals surface area (Å²) in [7, 11) is 0. The molecule has 1 aliphatic heterocycles. The van der Waals surface area contributed by atoms with E-state index in [0.717, 1.165) is 5.56 Å². The summed E-state index contributed by atoms with van der Waals surface area (Å²) in [5, 5.41) is 0.392. The molecule has 0 spiro atoms. The fraction of sp³-hybridized carbons (Fsp3) is 0.545. The highest BCUT2D eigenvalue weighted by molar-refractivity contribution is 6.29. The zero-order valence-corrected chi connectivity index (χ0v) is 10.1. The Balaban J connectivity index is 2.44. The van der Waals surface area contributed by atoms with E-state index in [1.807, 2.05) is 13.8 Å². The molecule has 1 aliphatic rings. The largest absolute Gasteiger partial charge is 0.397 e. The van der Waals surface area contributed by atoms with Crippen LogP contribution < -0.4 is 5.73 Å². The molecule has 1 saturated heterocycles. The number of rotatable bonds is 2. The number of hydrogen-bond acceptors (Lipinski definition) is 4. The number of ether oxygens (including phenoxy) is 2. The second-order valence-electron chi connectivity index (χ2n) is 3.94. The monoisotopic (exact) mass is 242 g/mol. The Kier molecular flexibility index (Phi) is 3.06. The van der Waals surface area contributed by atoms with Gasteiger partial charge in [0, 0.05) is 12.0 Å². The normalized spacial score (nSPS) is 29.6. The third-order valence-electron chi connectivity index (χ3n) is 2.72. The maximum atomic E-state index is 5.89. The van der Waals surface area contributed by atoms with Gasteiger partial charge < -0.3 is 15.2 Å². The van der Waals surface area contributed by atoms with E-state index in [1.165, 1.54) is 6.20 Å². The average molecular weight is 243 g/mol. The summed E-state index contributed by atoms with van der Waals surface area (Å²) in [6.45, 7) is 4.52. The molecule has 88 valence electrons. The molecule has 0 unspecified atom stereocenters. The van der Waals surface area contributed by atoms with Gasteiger partial charge in [0.2, 0.25) is 0 Å². The van der Waals surface area contributed by atoms with Crippen LogP contribution in [0.15, 0.2) is 12.3 Å². The van der Waals surface area contributed by atoms with Crippen LogP contribution >= 0.6 is 11.6 Å². The summed E-state index contributed by atoms with van der Waals surface area (Å²) in [6, 6.07) is 1.71. The molecule has 2 atom stereocenters. The van der Waals surface area contributed by atoms with Crippen LogP contribution in [0.1, 0.15) is 25.8 Å². The number of halogens is 1. The van der Waals surface area contributed by atoms with Crippen molar-refractivity contribution in [1.82, 2.24) is 4.98 Å². The fourth-order valence-electron chi connectivity index (χ4n) is 1.93. The molecule has 5 heteroatoms. The van der Waals surface area contributed by atoms with Crippen molar-refractivity contribution < 1.29 is 9.47 Å². The number of anilines is 1. The van der Waals surface area contributed by atoms with Gasteiger partial charge in [-0.2, -0.15) is 0 Å². The number of aromatic nitrogens is 1. The summed E-state index contributed by atoms with van der Waals surface area (Å²) in [5.74, 6) is -0.768. The number of nitrogen functional groups attached to an aromatic ring is 1. The van der Waals surface area contributed by atoms with Crippen LogP contribution in [-0.2, 0) is 15.3 Å². The number of pyridine rings is 1. The lowest BCUT2D eigenvalue weighted by atomic mass is 10.0. The summed E-state index contributed by atoms with van der Waals surface area (Å²) in [5.41, 5.74) is 7.20. The number of nitrogens with two attached hydrogens (primary N) is 1. The molecule has 1 aromatic heterocycles. The molecule has 1 fully saturated rings. The van der Waals surface area contributed by atoms with Crippen LogP contribution in [0.5, 0.6) is 0 Å². The molecular formula is C11H15ClN2O2. The van der Waals surface area contributed by atoms with Crippen LogP contribution in [-0.4, -0.2) is 17.7 Å². The van der Waals surface area contributed by atoms with Crippen molar-refractivity contribution in [3.05, 3.63) is 23.0 Å². The highest BCUT2D eigenvalue weighted by Crippen LogP contribution is 2.40. The van der Waals surface area contributed by atoms with Gasteiger partial charge in [0.15, 0.2) is 5.79 Å². The van der Waals surface area contributed by atoms with Gasteiger partial charge in [-0.3, -0.25) is 0 Å². The minimum absolute atomic E-state index is 0.0614. The van der Waals surface area contributed by atoms with Gasteiger partial charge in [-0.25, -0.2) is 4.98 Å². The van der Waals surface area contributed by atoms with E-state index in [2.05, 4.69) is 4.98 Å².